The Labute approximate surface area is 124 Å². The number of amides is 1. The third-order valence-electron chi connectivity index (χ3n) is 2.93. The number of carbonyl (C=O) groups is 1. The van der Waals surface area contributed by atoms with Gasteiger partial charge in [0.25, 0.3) is 0 Å². The highest BCUT2D eigenvalue weighted by Gasteiger charge is 2.08. The summed E-state index contributed by atoms with van der Waals surface area (Å²) in [4.78, 5) is 20.6. The Morgan fingerprint density at radius 3 is 2.71 bits per heavy atom. The predicted octanol–water partition coefficient (Wildman–Crippen LogP) is 2.00. The molecule has 1 aromatic carbocycles. The first-order valence-corrected chi connectivity index (χ1v) is 7.25. The average molecular weight is 287 g/mol. The first-order chi connectivity index (χ1) is 10.2. The Kier molecular flexibility index (Phi) is 5.31. The Morgan fingerprint density at radius 2 is 1.95 bits per heavy atom. The number of para-hydroxylation sites is 1. The van der Waals surface area contributed by atoms with Crippen LogP contribution in [0.1, 0.15) is 20.3 Å². The second kappa shape index (κ2) is 7.42. The maximum absolute atomic E-state index is 11.7. The van der Waals surface area contributed by atoms with Crippen LogP contribution in [0.2, 0.25) is 0 Å². The van der Waals surface area contributed by atoms with Crippen LogP contribution < -0.4 is 16.0 Å². The Morgan fingerprint density at radius 1 is 1.14 bits per heavy atom. The van der Waals surface area contributed by atoms with E-state index in [2.05, 4.69) is 25.9 Å². The summed E-state index contributed by atoms with van der Waals surface area (Å²) in [6, 6.07) is 7.74. The van der Waals surface area contributed by atoms with E-state index in [1.54, 1.807) is 0 Å². The summed E-state index contributed by atoms with van der Waals surface area (Å²) in [7, 11) is 0. The molecule has 1 amide bonds. The molecule has 0 unspecified atom stereocenters. The lowest BCUT2D eigenvalue weighted by molar-refractivity contribution is -0.119. The van der Waals surface area contributed by atoms with E-state index in [1.807, 2.05) is 38.1 Å². The van der Waals surface area contributed by atoms with Gasteiger partial charge in [-0.05, 0) is 25.5 Å². The van der Waals surface area contributed by atoms with Crippen molar-refractivity contribution in [2.24, 2.45) is 0 Å². The molecule has 1 heterocycles. The molecule has 0 fully saturated rings. The van der Waals surface area contributed by atoms with Crippen molar-refractivity contribution in [2.75, 3.05) is 30.3 Å². The van der Waals surface area contributed by atoms with Gasteiger partial charge in [0.05, 0.1) is 12.1 Å². The molecule has 0 saturated carbocycles. The van der Waals surface area contributed by atoms with E-state index in [0.29, 0.717) is 18.3 Å². The van der Waals surface area contributed by atoms with Crippen LogP contribution >= 0.6 is 0 Å². The zero-order valence-electron chi connectivity index (χ0n) is 12.4. The van der Waals surface area contributed by atoms with E-state index >= 15 is 0 Å². The number of anilines is 2. The summed E-state index contributed by atoms with van der Waals surface area (Å²) in [6.07, 6.45) is 0.923. The lowest BCUT2D eigenvalue weighted by atomic mass is 10.2. The Balaban J connectivity index is 2.18. The van der Waals surface area contributed by atoms with Gasteiger partial charge in [-0.25, -0.2) is 4.98 Å². The molecule has 6 heteroatoms. The number of benzene rings is 1. The van der Waals surface area contributed by atoms with Crippen LogP contribution in [0.25, 0.3) is 10.9 Å². The van der Waals surface area contributed by atoms with Crippen LogP contribution in [0.5, 0.6) is 0 Å². The van der Waals surface area contributed by atoms with Gasteiger partial charge >= 0.3 is 0 Å². The van der Waals surface area contributed by atoms with Crippen molar-refractivity contribution in [3.8, 4) is 0 Å². The topological polar surface area (TPSA) is 78.9 Å². The van der Waals surface area contributed by atoms with Gasteiger partial charge in [-0.15, -0.1) is 0 Å². The number of nitrogens with zero attached hydrogens (tertiary/aromatic N) is 2. The van der Waals surface area contributed by atoms with Crippen molar-refractivity contribution in [3.63, 3.8) is 0 Å². The number of nitrogens with one attached hydrogen (secondary N) is 3. The van der Waals surface area contributed by atoms with E-state index < -0.39 is 0 Å². The van der Waals surface area contributed by atoms with Gasteiger partial charge in [0.15, 0.2) is 0 Å². The molecule has 2 rings (SSSR count). The predicted molar refractivity (Wildman–Crippen MR) is 85.5 cm³/mol. The van der Waals surface area contributed by atoms with Crippen LogP contribution in [0.15, 0.2) is 24.3 Å². The molecule has 0 aliphatic rings. The van der Waals surface area contributed by atoms with Crippen molar-refractivity contribution in [1.29, 1.82) is 0 Å². The highest BCUT2D eigenvalue weighted by atomic mass is 16.1. The van der Waals surface area contributed by atoms with E-state index in [1.165, 1.54) is 0 Å². The normalized spacial score (nSPS) is 10.4. The standard InChI is InChI=1S/C15H21N5O/c1-3-9-17-13(21)10-18-14-11-7-5-6-8-12(11)19-15(20-14)16-4-2/h5-8H,3-4,9-10H2,1-2H3,(H,17,21)(H2,16,18,19,20). The minimum absolute atomic E-state index is 0.0375. The smallest absolute Gasteiger partial charge is 0.239 e. The minimum Gasteiger partial charge on any atom is -0.360 e. The average Bonchev–Trinajstić information content (AvgIpc) is 2.51. The van der Waals surface area contributed by atoms with Crippen LogP contribution in [0.4, 0.5) is 11.8 Å². The zero-order chi connectivity index (χ0) is 15.1. The van der Waals surface area contributed by atoms with Crippen LogP contribution in [-0.4, -0.2) is 35.5 Å². The van der Waals surface area contributed by atoms with Crippen molar-refractivity contribution in [2.45, 2.75) is 20.3 Å². The molecule has 0 aliphatic heterocycles. The summed E-state index contributed by atoms with van der Waals surface area (Å²) >= 11 is 0. The number of rotatable bonds is 7. The summed E-state index contributed by atoms with van der Waals surface area (Å²) in [6.45, 7) is 5.65. The van der Waals surface area contributed by atoms with Gasteiger partial charge in [0.2, 0.25) is 11.9 Å². The molecule has 112 valence electrons. The summed E-state index contributed by atoms with van der Waals surface area (Å²) in [5, 5.41) is 9.93. The van der Waals surface area contributed by atoms with Gasteiger partial charge in [-0.1, -0.05) is 19.1 Å². The summed E-state index contributed by atoms with van der Waals surface area (Å²) < 4.78 is 0. The zero-order valence-corrected chi connectivity index (χ0v) is 12.4. The number of hydrogen-bond acceptors (Lipinski definition) is 5. The van der Waals surface area contributed by atoms with Gasteiger partial charge in [0, 0.05) is 18.5 Å². The fourth-order valence-corrected chi connectivity index (χ4v) is 1.94. The molecule has 0 aliphatic carbocycles. The molecule has 0 spiro atoms. The largest absolute Gasteiger partial charge is 0.360 e. The van der Waals surface area contributed by atoms with Crippen LogP contribution in [-0.2, 0) is 4.79 Å². The fourth-order valence-electron chi connectivity index (χ4n) is 1.94. The molecule has 0 saturated heterocycles. The molecular weight excluding hydrogens is 266 g/mol. The molecule has 6 nitrogen and oxygen atoms in total. The highest BCUT2D eigenvalue weighted by Crippen LogP contribution is 2.21. The van der Waals surface area contributed by atoms with Crippen molar-refractivity contribution in [3.05, 3.63) is 24.3 Å². The highest BCUT2D eigenvalue weighted by molar-refractivity contribution is 5.91. The number of aromatic nitrogens is 2. The second-order valence-electron chi connectivity index (χ2n) is 4.65. The van der Waals surface area contributed by atoms with E-state index in [9.17, 15) is 4.79 Å². The molecular formula is C15H21N5O. The number of carbonyl (C=O) groups excluding carboxylic acids is 1. The molecule has 2 aromatic rings. The van der Waals surface area contributed by atoms with Crippen LogP contribution in [0.3, 0.4) is 0 Å². The number of hydrogen-bond donors (Lipinski definition) is 3. The van der Waals surface area contributed by atoms with E-state index in [0.717, 1.165) is 23.9 Å². The molecule has 0 atom stereocenters. The van der Waals surface area contributed by atoms with Gasteiger partial charge < -0.3 is 16.0 Å². The van der Waals surface area contributed by atoms with Crippen LogP contribution in [0, 0.1) is 0 Å². The molecule has 1 aromatic heterocycles. The number of fused-ring (bicyclic) bond motifs is 1. The van der Waals surface area contributed by atoms with E-state index in [-0.39, 0.29) is 12.5 Å². The van der Waals surface area contributed by atoms with Crippen molar-refractivity contribution in [1.82, 2.24) is 15.3 Å². The second-order valence-corrected chi connectivity index (χ2v) is 4.65. The lowest BCUT2D eigenvalue weighted by Gasteiger charge is -2.11. The van der Waals surface area contributed by atoms with Crippen molar-refractivity contribution < 1.29 is 4.79 Å². The lowest BCUT2D eigenvalue weighted by Crippen LogP contribution is -2.30. The molecule has 21 heavy (non-hydrogen) atoms. The quantitative estimate of drug-likeness (QED) is 0.726. The Hall–Kier alpha value is -2.37. The summed E-state index contributed by atoms with van der Waals surface area (Å²) in [5.74, 6) is 1.19. The van der Waals surface area contributed by atoms with Gasteiger partial charge in [0.1, 0.15) is 5.82 Å². The maximum atomic E-state index is 11.7. The third-order valence-corrected chi connectivity index (χ3v) is 2.93. The molecule has 3 N–H and O–H groups in total. The maximum Gasteiger partial charge on any atom is 0.239 e. The van der Waals surface area contributed by atoms with Gasteiger partial charge in [-0.3, -0.25) is 4.79 Å². The first kappa shape index (κ1) is 15.0. The molecule has 0 radical (unpaired) electrons. The SMILES string of the molecule is CCCNC(=O)CNc1nc(NCC)nc2ccccc12. The van der Waals surface area contributed by atoms with Crippen molar-refractivity contribution >= 4 is 28.6 Å². The fraction of sp³-hybridized carbons (Fsp3) is 0.400. The third kappa shape index (κ3) is 4.05. The van der Waals surface area contributed by atoms with E-state index in [4.69, 9.17) is 0 Å². The monoisotopic (exact) mass is 287 g/mol. The molecule has 0 bridgehead atoms. The Bertz CT molecular complexity index is 614. The summed E-state index contributed by atoms with van der Waals surface area (Å²) in [5.41, 5.74) is 0.847. The van der Waals surface area contributed by atoms with Gasteiger partial charge in [-0.2, -0.15) is 4.98 Å². The minimum atomic E-state index is -0.0375. The first-order valence-electron chi connectivity index (χ1n) is 7.25.